The Morgan fingerprint density at radius 1 is 1.29 bits per heavy atom. The summed E-state index contributed by atoms with van der Waals surface area (Å²) in [5, 5.41) is 0. The quantitative estimate of drug-likeness (QED) is 0.859. The van der Waals surface area contributed by atoms with Gasteiger partial charge in [0.15, 0.2) is 0 Å². The molecule has 2 heterocycles. The maximum absolute atomic E-state index is 12.5. The number of nitrogens with one attached hydrogen (secondary N) is 1. The van der Waals surface area contributed by atoms with Gasteiger partial charge in [0.05, 0.1) is 11.3 Å². The number of aryl methyl sites for hydroxylation is 1. The van der Waals surface area contributed by atoms with Crippen LogP contribution in [-0.4, -0.2) is 28.0 Å². The summed E-state index contributed by atoms with van der Waals surface area (Å²) in [6.07, 6.45) is 6.55. The first kappa shape index (κ1) is 17.4. The van der Waals surface area contributed by atoms with Gasteiger partial charge in [0, 0.05) is 32.5 Å². The van der Waals surface area contributed by atoms with Crippen LogP contribution in [0.3, 0.4) is 0 Å². The minimum absolute atomic E-state index is 0.0711. The van der Waals surface area contributed by atoms with Crippen molar-refractivity contribution >= 4 is 0 Å². The smallest absolute Gasteiger partial charge is 0.255 e. The van der Waals surface area contributed by atoms with Crippen LogP contribution in [0.15, 0.2) is 15.9 Å². The Kier molecular flexibility index (Phi) is 4.95. The third kappa shape index (κ3) is 3.49. The van der Waals surface area contributed by atoms with E-state index in [2.05, 4.69) is 37.6 Å². The highest BCUT2D eigenvalue weighted by Crippen LogP contribution is 2.40. The SMILES string of the molecule is CCCc1nc2c(c(=O)[nH]1)CN(CC1=C(C)CCCC1(C)C)CC2. The maximum Gasteiger partial charge on any atom is 0.255 e. The fraction of sp³-hybridized carbons (Fsp3) is 0.700. The highest BCUT2D eigenvalue weighted by molar-refractivity contribution is 5.26. The summed E-state index contributed by atoms with van der Waals surface area (Å²) in [6.45, 7) is 11.9. The lowest BCUT2D eigenvalue weighted by Gasteiger charge is -2.38. The van der Waals surface area contributed by atoms with E-state index >= 15 is 0 Å². The first-order valence-electron chi connectivity index (χ1n) is 9.43. The van der Waals surface area contributed by atoms with E-state index in [1.54, 1.807) is 11.1 Å². The third-order valence-corrected chi connectivity index (χ3v) is 5.75. The van der Waals surface area contributed by atoms with Gasteiger partial charge in [-0.15, -0.1) is 0 Å². The lowest BCUT2D eigenvalue weighted by Crippen LogP contribution is -2.39. The summed E-state index contributed by atoms with van der Waals surface area (Å²) < 4.78 is 0. The Bertz CT molecular complexity index is 699. The molecule has 4 nitrogen and oxygen atoms in total. The van der Waals surface area contributed by atoms with Gasteiger partial charge in [-0.05, 0) is 38.0 Å². The molecule has 0 aromatic carbocycles. The van der Waals surface area contributed by atoms with Crippen LogP contribution in [0.5, 0.6) is 0 Å². The molecule has 0 fully saturated rings. The highest BCUT2D eigenvalue weighted by Gasteiger charge is 2.31. The number of fused-ring (bicyclic) bond motifs is 1. The van der Waals surface area contributed by atoms with Crippen molar-refractivity contribution in [1.29, 1.82) is 0 Å². The number of hydrogen-bond donors (Lipinski definition) is 1. The predicted octanol–water partition coefficient (Wildman–Crippen LogP) is 3.61. The lowest BCUT2D eigenvalue weighted by atomic mass is 9.72. The Hall–Kier alpha value is -1.42. The van der Waals surface area contributed by atoms with E-state index in [9.17, 15) is 4.79 Å². The minimum atomic E-state index is 0.0711. The monoisotopic (exact) mass is 329 g/mol. The number of H-pyrrole nitrogens is 1. The van der Waals surface area contributed by atoms with Gasteiger partial charge in [-0.1, -0.05) is 31.9 Å². The van der Waals surface area contributed by atoms with Crippen molar-refractivity contribution in [2.45, 2.75) is 72.8 Å². The first-order valence-corrected chi connectivity index (χ1v) is 9.43. The second kappa shape index (κ2) is 6.83. The number of aromatic nitrogens is 2. The Labute approximate surface area is 145 Å². The second-order valence-electron chi connectivity index (χ2n) is 8.14. The summed E-state index contributed by atoms with van der Waals surface area (Å²) >= 11 is 0. The molecular formula is C20H31N3O. The number of aromatic amines is 1. The molecule has 1 N–H and O–H groups in total. The normalized spacial score (nSPS) is 21.0. The van der Waals surface area contributed by atoms with Crippen LogP contribution in [0, 0.1) is 5.41 Å². The topological polar surface area (TPSA) is 49.0 Å². The van der Waals surface area contributed by atoms with Crippen molar-refractivity contribution in [1.82, 2.24) is 14.9 Å². The van der Waals surface area contributed by atoms with E-state index in [0.717, 1.165) is 56.0 Å². The van der Waals surface area contributed by atoms with Gasteiger partial charge in [0.25, 0.3) is 5.56 Å². The molecule has 132 valence electrons. The molecule has 0 amide bonds. The molecule has 1 aromatic heterocycles. The van der Waals surface area contributed by atoms with Gasteiger partial charge in [-0.2, -0.15) is 0 Å². The van der Waals surface area contributed by atoms with Crippen molar-refractivity contribution in [3.63, 3.8) is 0 Å². The van der Waals surface area contributed by atoms with Gasteiger partial charge in [-0.3, -0.25) is 9.69 Å². The largest absolute Gasteiger partial charge is 0.310 e. The molecular weight excluding hydrogens is 298 g/mol. The Morgan fingerprint density at radius 3 is 2.79 bits per heavy atom. The molecule has 0 saturated heterocycles. The summed E-state index contributed by atoms with van der Waals surface area (Å²) in [7, 11) is 0. The van der Waals surface area contributed by atoms with E-state index in [1.165, 1.54) is 19.3 Å². The predicted molar refractivity (Wildman–Crippen MR) is 98.2 cm³/mol. The van der Waals surface area contributed by atoms with E-state index in [1.807, 2.05) is 0 Å². The minimum Gasteiger partial charge on any atom is -0.310 e. The zero-order valence-corrected chi connectivity index (χ0v) is 15.7. The van der Waals surface area contributed by atoms with Crippen molar-refractivity contribution in [3.8, 4) is 0 Å². The molecule has 24 heavy (non-hydrogen) atoms. The maximum atomic E-state index is 12.5. The van der Waals surface area contributed by atoms with E-state index in [4.69, 9.17) is 4.98 Å². The number of rotatable bonds is 4. The van der Waals surface area contributed by atoms with Crippen LogP contribution < -0.4 is 5.56 Å². The average molecular weight is 329 g/mol. The van der Waals surface area contributed by atoms with Crippen molar-refractivity contribution in [2.24, 2.45) is 5.41 Å². The molecule has 0 spiro atoms. The van der Waals surface area contributed by atoms with Crippen LogP contribution >= 0.6 is 0 Å². The van der Waals surface area contributed by atoms with Gasteiger partial charge in [0.2, 0.25) is 0 Å². The van der Waals surface area contributed by atoms with Crippen LogP contribution in [-0.2, 0) is 19.4 Å². The molecule has 1 aliphatic carbocycles. The summed E-state index contributed by atoms with van der Waals surface area (Å²) in [5.41, 5.74) is 5.41. The fourth-order valence-electron chi connectivity index (χ4n) is 4.27. The zero-order valence-electron chi connectivity index (χ0n) is 15.7. The van der Waals surface area contributed by atoms with Crippen molar-refractivity contribution < 1.29 is 0 Å². The summed E-state index contributed by atoms with van der Waals surface area (Å²) in [6, 6.07) is 0. The summed E-state index contributed by atoms with van der Waals surface area (Å²) in [4.78, 5) is 22.6. The molecule has 0 radical (unpaired) electrons. The molecule has 4 heteroatoms. The molecule has 0 bridgehead atoms. The molecule has 1 aromatic rings. The highest BCUT2D eigenvalue weighted by atomic mass is 16.1. The Morgan fingerprint density at radius 2 is 2.08 bits per heavy atom. The second-order valence-corrected chi connectivity index (χ2v) is 8.14. The van der Waals surface area contributed by atoms with Gasteiger partial charge < -0.3 is 4.98 Å². The van der Waals surface area contributed by atoms with E-state index in [0.29, 0.717) is 0 Å². The number of hydrogen-bond acceptors (Lipinski definition) is 3. The Balaban J connectivity index is 1.79. The van der Waals surface area contributed by atoms with Crippen LogP contribution in [0.2, 0.25) is 0 Å². The summed E-state index contributed by atoms with van der Waals surface area (Å²) in [5.74, 6) is 0.849. The van der Waals surface area contributed by atoms with Crippen LogP contribution in [0.25, 0.3) is 0 Å². The molecule has 0 saturated carbocycles. The fourth-order valence-corrected chi connectivity index (χ4v) is 4.27. The number of nitrogens with zero attached hydrogens (tertiary/aromatic N) is 2. The average Bonchev–Trinajstić information content (AvgIpc) is 2.52. The van der Waals surface area contributed by atoms with Gasteiger partial charge in [-0.25, -0.2) is 4.98 Å². The molecule has 0 unspecified atom stereocenters. The lowest BCUT2D eigenvalue weighted by molar-refractivity contribution is 0.238. The molecule has 2 aliphatic rings. The van der Waals surface area contributed by atoms with Crippen LogP contribution in [0.1, 0.15) is 70.5 Å². The van der Waals surface area contributed by atoms with E-state index < -0.39 is 0 Å². The molecule has 0 atom stereocenters. The number of allylic oxidation sites excluding steroid dienone is 1. The standard InChI is InChI=1S/C20H31N3O/c1-5-7-18-21-17-9-11-23(12-15(17)19(24)22-18)13-16-14(2)8-6-10-20(16,3)4/h5-13H2,1-4H3,(H,21,22,24). The van der Waals surface area contributed by atoms with Gasteiger partial charge >= 0.3 is 0 Å². The van der Waals surface area contributed by atoms with Crippen LogP contribution in [0.4, 0.5) is 0 Å². The zero-order chi connectivity index (χ0) is 17.3. The molecule has 1 aliphatic heterocycles. The third-order valence-electron chi connectivity index (χ3n) is 5.75. The van der Waals surface area contributed by atoms with Crippen molar-refractivity contribution in [2.75, 3.05) is 13.1 Å². The van der Waals surface area contributed by atoms with Crippen molar-refractivity contribution in [3.05, 3.63) is 38.6 Å². The van der Waals surface area contributed by atoms with Gasteiger partial charge in [0.1, 0.15) is 5.82 Å². The van der Waals surface area contributed by atoms with E-state index in [-0.39, 0.29) is 11.0 Å². The molecule has 3 rings (SSSR count). The first-order chi connectivity index (χ1) is 11.4.